The fourth-order valence-corrected chi connectivity index (χ4v) is 3.68. The zero-order chi connectivity index (χ0) is 18.1. The van der Waals surface area contributed by atoms with Crippen molar-refractivity contribution >= 4 is 22.8 Å². The molecule has 0 fully saturated rings. The molecule has 1 aliphatic rings. The highest BCUT2D eigenvalue weighted by atomic mass is 16.3. The van der Waals surface area contributed by atoms with Gasteiger partial charge in [-0.2, -0.15) is 0 Å². The predicted octanol–water partition coefficient (Wildman–Crippen LogP) is 3.62. The Morgan fingerprint density at radius 1 is 1.04 bits per heavy atom. The Kier molecular flexibility index (Phi) is 4.21. The average Bonchev–Trinajstić information content (AvgIpc) is 3.02. The van der Waals surface area contributed by atoms with E-state index in [0.717, 1.165) is 35.8 Å². The molecule has 1 atom stereocenters. The number of fused-ring (bicyclic) bond motifs is 2. The maximum atomic E-state index is 12.6. The maximum absolute atomic E-state index is 12.6. The first kappa shape index (κ1) is 16.4. The molecule has 0 bridgehead atoms. The fourth-order valence-electron chi connectivity index (χ4n) is 3.68. The molecule has 1 unspecified atom stereocenters. The molecule has 3 aromatic rings. The first-order valence-corrected chi connectivity index (χ1v) is 8.81. The monoisotopic (exact) mass is 348 g/mol. The Hall–Kier alpha value is -3.08. The summed E-state index contributed by atoms with van der Waals surface area (Å²) in [6.45, 7) is 1.83. The van der Waals surface area contributed by atoms with E-state index in [1.807, 2.05) is 49.4 Å². The van der Waals surface area contributed by atoms with Gasteiger partial charge < -0.3 is 4.42 Å². The summed E-state index contributed by atoms with van der Waals surface area (Å²) in [6, 6.07) is 15.5. The van der Waals surface area contributed by atoms with Crippen molar-refractivity contribution in [1.29, 1.82) is 0 Å². The van der Waals surface area contributed by atoms with E-state index in [4.69, 9.17) is 4.42 Å². The van der Waals surface area contributed by atoms with Crippen LogP contribution >= 0.6 is 0 Å². The highest BCUT2D eigenvalue weighted by Crippen LogP contribution is 2.31. The summed E-state index contributed by atoms with van der Waals surface area (Å²) in [5.41, 5.74) is 8.73. The summed E-state index contributed by atoms with van der Waals surface area (Å²) in [5.74, 6) is -0.664. The quantitative estimate of drug-likeness (QED) is 0.695. The van der Waals surface area contributed by atoms with Gasteiger partial charge in [0.1, 0.15) is 5.58 Å². The van der Waals surface area contributed by atoms with E-state index in [-0.39, 0.29) is 17.6 Å². The Morgan fingerprint density at radius 3 is 2.65 bits per heavy atom. The topological polar surface area (TPSA) is 71.3 Å². The van der Waals surface area contributed by atoms with E-state index in [1.165, 1.54) is 5.56 Å². The number of hydrogen-bond acceptors (Lipinski definition) is 3. The third-order valence-electron chi connectivity index (χ3n) is 5.04. The number of carbonyl (C=O) groups is 2. The number of hydrogen-bond donors (Lipinski definition) is 2. The Balaban J connectivity index is 1.48. The van der Waals surface area contributed by atoms with Crippen LogP contribution < -0.4 is 10.9 Å². The zero-order valence-corrected chi connectivity index (χ0v) is 14.5. The molecule has 0 aliphatic heterocycles. The molecule has 2 N–H and O–H groups in total. The van der Waals surface area contributed by atoms with E-state index in [0.29, 0.717) is 5.58 Å². The second-order valence-electron chi connectivity index (χ2n) is 6.64. The second kappa shape index (κ2) is 6.67. The number of amides is 2. The van der Waals surface area contributed by atoms with E-state index >= 15 is 0 Å². The van der Waals surface area contributed by atoms with Crippen LogP contribution in [-0.2, 0) is 11.2 Å². The lowest BCUT2D eigenvalue weighted by Gasteiger charge is -2.24. The van der Waals surface area contributed by atoms with Crippen molar-refractivity contribution < 1.29 is 14.0 Å². The van der Waals surface area contributed by atoms with Crippen molar-refractivity contribution in [3.05, 3.63) is 71.0 Å². The number of benzene rings is 2. The van der Waals surface area contributed by atoms with Crippen LogP contribution in [0.3, 0.4) is 0 Å². The Morgan fingerprint density at radius 2 is 1.81 bits per heavy atom. The largest absolute Gasteiger partial charge is 0.451 e. The van der Waals surface area contributed by atoms with Gasteiger partial charge in [0.15, 0.2) is 5.76 Å². The van der Waals surface area contributed by atoms with Gasteiger partial charge in [0.05, 0.1) is 5.92 Å². The maximum Gasteiger partial charge on any atom is 0.305 e. The normalized spacial score (nSPS) is 16.1. The minimum absolute atomic E-state index is 0.195. The van der Waals surface area contributed by atoms with E-state index < -0.39 is 5.91 Å². The lowest BCUT2D eigenvalue weighted by molar-refractivity contribution is -0.123. The molecule has 132 valence electrons. The number of hydrazine groups is 1. The molecule has 0 saturated carbocycles. The minimum atomic E-state index is -0.448. The van der Waals surface area contributed by atoms with Crippen LogP contribution in [0.2, 0.25) is 0 Å². The van der Waals surface area contributed by atoms with Crippen LogP contribution in [0.5, 0.6) is 0 Å². The van der Waals surface area contributed by atoms with Crippen molar-refractivity contribution in [2.24, 2.45) is 0 Å². The summed E-state index contributed by atoms with van der Waals surface area (Å²) < 4.78 is 5.63. The third-order valence-corrected chi connectivity index (χ3v) is 5.04. The van der Waals surface area contributed by atoms with Gasteiger partial charge in [-0.3, -0.25) is 20.4 Å². The van der Waals surface area contributed by atoms with Crippen LogP contribution in [-0.4, -0.2) is 11.8 Å². The van der Waals surface area contributed by atoms with E-state index in [9.17, 15) is 9.59 Å². The van der Waals surface area contributed by atoms with Crippen LogP contribution in [0.15, 0.2) is 52.9 Å². The molecule has 4 rings (SSSR count). The summed E-state index contributed by atoms with van der Waals surface area (Å²) in [7, 11) is 0. The summed E-state index contributed by atoms with van der Waals surface area (Å²) in [6.07, 6.45) is 2.73. The molecule has 0 radical (unpaired) electrons. The van der Waals surface area contributed by atoms with Crippen LogP contribution in [0.25, 0.3) is 11.0 Å². The SMILES string of the molecule is Cc1c(C(=O)NNC(=O)C2CCCc3ccccc32)oc2ccccc12. The number of carbonyl (C=O) groups excluding carboxylic acids is 2. The van der Waals surface area contributed by atoms with Crippen molar-refractivity contribution in [3.63, 3.8) is 0 Å². The average molecular weight is 348 g/mol. The Labute approximate surface area is 151 Å². The number of para-hydroxylation sites is 1. The molecule has 5 nitrogen and oxygen atoms in total. The standard InChI is InChI=1S/C21H20N2O3/c1-13-15-9-4-5-12-18(15)26-19(13)21(25)23-22-20(24)17-11-6-8-14-7-2-3-10-16(14)17/h2-5,7,9-10,12,17H,6,8,11H2,1H3,(H,22,24)(H,23,25). The molecule has 1 aliphatic carbocycles. The van der Waals surface area contributed by atoms with Gasteiger partial charge >= 0.3 is 5.91 Å². The highest BCUT2D eigenvalue weighted by molar-refractivity contribution is 5.99. The minimum Gasteiger partial charge on any atom is -0.451 e. The Bertz CT molecular complexity index is 990. The van der Waals surface area contributed by atoms with Gasteiger partial charge in [-0.05, 0) is 43.4 Å². The molecule has 0 saturated heterocycles. The van der Waals surface area contributed by atoms with Gasteiger partial charge in [-0.25, -0.2) is 0 Å². The smallest absolute Gasteiger partial charge is 0.305 e. The third kappa shape index (κ3) is 2.86. The van der Waals surface area contributed by atoms with Gasteiger partial charge in [0.2, 0.25) is 5.91 Å². The molecule has 2 aromatic carbocycles. The molecule has 1 aromatic heterocycles. The van der Waals surface area contributed by atoms with Crippen LogP contribution in [0, 0.1) is 6.92 Å². The number of furan rings is 1. The van der Waals surface area contributed by atoms with Crippen molar-refractivity contribution in [2.45, 2.75) is 32.1 Å². The summed E-state index contributed by atoms with van der Waals surface area (Å²) >= 11 is 0. The van der Waals surface area contributed by atoms with Crippen LogP contribution in [0.1, 0.15) is 46.0 Å². The number of aryl methyl sites for hydroxylation is 2. The molecule has 2 amide bonds. The molecule has 1 heterocycles. The second-order valence-corrected chi connectivity index (χ2v) is 6.64. The lowest BCUT2D eigenvalue weighted by atomic mass is 9.82. The first-order valence-electron chi connectivity index (χ1n) is 8.81. The van der Waals surface area contributed by atoms with Gasteiger partial charge in [0, 0.05) is 10.9 Å². The van der Waals surface area contributed by atoms with Gasteiger partial charge in [0.25, 0.3) is 0 Å². The highest BCUT2D eigenvalue weighted by Gasteiger charge is 2.27. The van der Waals surface area contributed by atoms with E-state index in [1.54, 1.807) is 0 Å². The summed E-state index contributed by atoms with van der Waals surface area (Å²) in [5, 5.41) is 0.894. The fraction of sp³-hybridized carbons (Fsp3) is 0.238. The summed E-state index contributed by atoms with van der Waals surface area (Å²) in [4.78, 5) is 25.0. The lowest BCUT2D eigenvalue weighted by Crippen LogP contribution is -2.44. The van der Waals surface area contributed by atoms with E-state index in [2.05, 4.69) is 16.9 Å². The van der Waals surface area contributed by atoms with Gasteiger partial charge in [-0.1, -0.05) is 42.5 Å². The molecular formula is C21H20N2O3. The molecule has 0 spiro atoms. The van der Waals surface area contributed by atoms with Crippen molar-refractivity contribution in [1.82, 2.24) is 10.9 Å². The predicted molar refractivity (Wildman–Crippen MR) is 98.7 cm³/mol. The van der Waals surface area contributed by atoms with Crippen molar-refractivity contribution in [3.8, 4) is 0 Å². The molecule has 26 heavy (non-hydrogen) atoms. The van der Waals surface area contributed by atoms with Crippen molar-refractivity contribution in [2.75, 3.05) is 0 Å². The number of rotatable bonds is 2. The first-order chi connectivity index (χ1) is 12.6. The van der Waals surface area contributed by atoms with Gasteiger partial charge in [-0.15, -0.1) is 0 Å². The zero-order valence-electron chi connectivity index (χ0n) is 14.5. The molecule has 5 heteroatoms. The molecular weight excluding hydrogens is 328 g/mol. The van der Waals surface area contributed by atoms with Crippen LogP contribution in [0.4, 0.5) is 0 Å². The number of nitrogens with one attached hydrogen (secondary N) is 2.